The topological polar surface area (TPSA) is 42.0 Å². The number of carbonyl (C=O) groups excluding carboxylic acids is 1. The largest absolute Gasteiger partial charge is 0.302 e. The standard InChI is InChI=1S/C11H8F2N2OS/c1-6(16)14-11-15-9(5-17-11)10-7(12)3-2-4-8(10)13/h2-5H,1H3,(H,14,15,16). The van der Waals surface area contributed by atoms with Crippen molar-refractivity contribution in [3.8, 4) is 11.3 Å². The number of aromatic nitrogens is 1. The number of hydrogen-bond acceptors (Lipinski definition) is 3. The maximum atomic E-state index is 13.4. The summed E-state index contributed by atoms with van der Waals surface area (Å²) in [5, 5.41) is 4.27. The van der Waals surface area contributed by atoms with Gasteiger partial charge in [-0.3, -0.25) is 4.79 Å². The molecule has 0 radical (unpaired) electrons. The van der Waals surface area contributed by atoms with Gasteiger partial charge in [-0.15, -0.1) is 11.3 Å². The lowest BCUT2D eigenvalue weighted by atomic mass is 10.1. The number of amides is 1. The lowest BCUT2D eigenvalue weighted by molar-refractivity contribution is -0.114. The summed E-state index contributed by atoms with van der Waals surface area (Å²) in [6.45, 7) is 1.34. The van der Waals surface area contributed by atoms with E-state index < -0.39 is 11.6 Å². The van der Waals surface area contributed by atoms with Gasteiger partial charge in [0.1, 0.15) is 11.6 Å². The van der Waals surface area contributed by atoms with Gasteiger partial charge in [-0.05, 0) is 12.1 Å². The van der Waals surface area contributed by atoms with Crippen LogP contribution in [0.1, 0.15) is 6.92 Å². The summed E-state index contributed by atoms with van der Waals surface area (Å²) in [6, 6.07) is 3.61. The number of anilines is 1. The maximum Gasteiger partial charge on any atom is 0.223 e. The van der Waals surface area contributed by atoms with E-state index in [2.05, 4.69) is 10.3 Å². The number of carbonyl (C=O) groups is 1. The van der Waals surface area contributed by atoms with Crippen LogP contribution in [-0.4, -0.2) is 10.9 Å². The predicted octanol–water partition coefficient (Wildman–Crippen LogP) is 3.05. The van der Waals surface area contributed by atoms with Gasteiger partial charge in [0, 0.05) is 12.3 Å². The van der Waals surface area contributed by atoms with Gasteiger partial charge in [0.25, 0.3) is 0 Å². The molecule has 0 aliphatic rings. The first kappa shape index (κ1) is 11.7. The summed E-state index contributed by atoms with van der Waals surface area (Å²) in [5.74, 6) is -1.63. The van der Waals surface area contributed by atoms with Crippen LogP contribution in [0.2, 0.25) is 0 Å². The Morgan fingerprint density at radius 1 is 1.35 bits per heavy atom. The van der Waals surface area contributed by atoms with Crippen LogP contribution < -0.4 is 5.32 Å². The van der Waals surface area contributed by atoms with Crippen LogP contribution in [-0.2, 0) is 4.79 Å². The quantitative estimate of drug-likeness (QED) is 0.895. The Morgan fingerprint density at radius 2 is 2.00 bits per heavy atom. The molecule has 1 aromatic heterocycles. The molecule has 6 heteroatoms. The number of benzene rings is 1. The molecular formula is C11H8F2N2OS. The molecule has 1 heterocycles. The van der Waals surface area contributed by atoms with Crippen LogP contribution in [0.25, 0.3) is 11.3 Å². The molecule has 2 rings (SSSR count). The fourth-order valence-corrected chi connectivity index (χ4v) is 2.09. The van der Waals surface area contributed by atoms with Gasteiger partial charge in [0.05, 0.1) is 11.3 Å². The minimum absolute atomic E-state index is 0.175. The molecule has 1 N–H and O–H groups in total. The van der Waals surface area contributed by atoms with Gasteiger partial charge in [-0.2, -0.15) is 0 Å². The number of halogens is 2. The van der Waals surface area contributed by atoms with E-state index in [0.717, 1.165) is 23.5 Å². The fourth-order valence-electron chi connectivity index (χ4n) is 1.34. The van der Waals surface area contributed by atoms with Crippen LogP contribution in [0.3, 0.4) is 0 Å². The summed E-state index contributed by atoms with van der Waals surface area (Å²) in [7, 11) is 0. The van der Waals surface area contributed by atoms with Crippen molar-refractivity contribution in [3.05, 3.63) is 35.2 Å². The molecule has 0 saturated heterocycles. The number of rotatable bonds is 2. The van der Waals surface area contributed by atoms with E-state index in [4.69, 9.17) is 0 Å². The highest BCUT2D eigenvalue weighted by Gasteiger charge is 2.14. The van der Waals surface area contributed by atoms with Gasteiger partial charge in [0.15, 0.2) is 5.13 Å². The molecule has 3 nitrogen and oxygen atoms in total. The average Bonchev–Trinajstić information content (AvgIpc) is 2.65. The van der Waals surface area contributed by atoms with Gasteiger partial charge in [0.2, 0.25) is 5.91 Å². The van der Waals surface area contributed by atoms with Crippen molar-refractivity contribution in [1.82, 2.24) is 4.98 Å². The molecule has 0 fully saturated rings. The van der Waals surface area contributed by atoms with Gasteiger partial charge in [-0.25, -0.2) is 13.8 Å². The minimum Gasteiger partial charge on any atom is -0.302 e. The Balaban J connectivity index is 2.40. The molecule has 17 heavy (non-hydrogen) atoms. The zero-order valence-corrected chi connectivity index (χ0v) is 9.65. The third kappa shape index (κ3) is 2.47. The average molecular weight is 254 g/mol. The Hall–Kier alpha value is -1.82. The summed E-state index contributed by atoms with van der Waals surface area (Å²) < 4.78 is 26.9. The zero-order valence-electron chi connectivity index (χ0n) is 8.83. The predicted molar refractivity (Wildman–Crippen MR) is 61.8 cm³/mol. The summed E-state index contributed by atoms with van der Waals surface area (Å²) in [4.78, 5) is 14.7. The second-order valence-corrected chi connectivity index (χ2v) is 4.17. The maximum absolute atomic E-state index is 13.4. The van der Waals surface area contributed by atoms with E-state index >= 15 is 0 Å². The van der Waals surface area contributed by atoms with E-state index in [9.17, 15) is 13.6 Å². The molecule has 0 unspecified atom stereocenters. The summed E-state index contributed by atoms with van der Waals surface area (Å²) in [5.41, 5.74) is -0.00491. The van der Waals surface area contributed by atoms with Gasteiger partial charge >= 0.3 is 0 Å². The van der Waals surface area contributed by atoms with E-state index in [-0.39, 0.29) is 17.2 Å². The molecule has 1 amide bonds. The molecule has 2 aromatic rings. The normalized spacial score (nSPS) is 10.3. The molecule has 0 atom stereocenters. The number of thiazole rings is 1. The first-order valence-corrected chi connectivity index (χ1v) is 5.63. The highest BCUT2D eigenvalue weighted by Crippen LogP contribution is 2.28. The Labute approximate surface area is 100 Å². The lowest BCUT2D eigenvalue weighted by Crippen LogP contribution is -2.05. The molecule has 1 aromatic carbocycles. The zero-order chi connectivity index (χ0) is 12.4. The first-order chi connectivity index (χ1) is 8.08. The Morgan fingerprint density at radius 3 is 2.59 bits per heavy atom. The second-order valence-electron chi connectivity index (χ2n) is 3.32. The van der Waals surface area contributed by atoms with Crippen LogP contribution >= 0.6 is 11.3 Å². The van der Waals surface area contributed by atoms with E-state index in [1.165, 1.54) is 18.4 Å². The smallest absolute Gasteiger partial charge is 0.223 e. The number of nitrogens with zero attached hydrogens (tertiary/aromatic N) is 1. The van der Waals surface area contributed by atoms with E-state index in [1.54, 1.807) is 0 Å². The van der Waals surface area contributed by atoms with Crippen molar-refractivity contribution in [2.75, 3.05) is 5.32 Å². The summed E-state index contributed by atoms with van der Waals surface area (Å²) in [6.07, 6.45) is 0. The molecule has 0 bridgehead atoms. The van der Waals surface area contributed by atoms with Crippen molar-refractivity contribution in [3.63, 3.8) is 0 Å². The lowest BCUT2D eigenvalue weighted by Gasteiger charge is -2.00. The molecule has 0 aliphatic carbocycles. The SMILES string of the molecule is CC(=O)Nc1nc(-c2c(F)cccc2F)cs1. The van der Waals surface area contributed by atoms with Crippen LogP contribution in [0.4, 0.5) is 13.9 Å². The van der Waals surface area contributed by atoms with Gasteiger partial charge in [-0.1, -0.05) is 6.07 Å². The Kier molecular flexibility index (Phi) is 3.14. The van der Waals surface area contributed by atoms with E-state index in [1.807, 2.05) is 0 Å². The molecule has 0 spiro atoms. The van der Waals surface area contributed by atoms with Crippen LogP contribution in [0, 0.1) is 11.6 Å². The van der Waals surface area contributed by atoms with Crippen LogP contribution in [0.5, 0.6) is 0 Å². The fraction of sp³-hybridized carbons (Fsp3) is 0.0909. The minimum atomic E-state index is -0.676. The van der Waals surface area contributed by atoms with Crippen molar-refractivity contribution < 1.29 is 13.6 Å². The van der Waals surface area contributed by atoms with E-state index in [0.29, 0.717) is 5.13 Å². The number of hydrogen-bond donors (Lipinski definition) is 1. The third-order valence-electron chi connectivity index (χ3n) is 2.01. The van der Waals surface area contributed by atoms with Crippen molar-refractivity contribution >= 4 is 22.4 Å². The molecule has 88 valence electrons. The molecule has 0 aliphatic heterocycles. The monoisotopic (exact) mass is 254 g/mol. The highest BCUT2D eigenvalue weighted by atomic mass is 32.1. The van der Waals surface area contributed by atoms with Crippen molar-refractivity contribution in [2.45, 2.75) is 6.92 Å². The van der Waals surface area contributed by atoms with Crippen molar-refractivity contribution in [1.29, 1.82) is 0 Å². The molecular weight excluding hydrogens is 246 g/mol. The van der Waals surface area contributed by atoms with Crippen molar-refractivity contribution in [2.24, 2.45) is 0 Å². The Bertz CT molecular complexity index is 548. The summed E-state index contributed by atoms with van der Waals surface area (Å²) >= 11 is 1.11. The van der Waals surface area contributed by atoms with Gasteiger partial charge < -0.3 is 5.32 Å². The number of nitrogens with one attached hydrogen (secondary N) is 1. The first-order valence-electron chi connectivity index (χ1n) is 4.75. The highest BCUT2D eigenvalue weighted by molar-refractivity contribution is 7.14. The van der Waals surface area contributed by atoms with Crippen LogP contribution in [0.15, 0.2) is 23.6 Å². The molecule has 0 saturated carbocycles. The third-order valence-corrected chi connectivity index (χ3v) is 2.76. The second kappa shape index (κ2) is 4.58.